The summed E-state index contributed by atoms with van der Waals surface area (Å²) in [6, 6.07) is 0. The van der Waals surface area contributed by atoms with E-state index in [1.54, 1.807) is 4.40 Å². The molecule has 0 bridgehead atoms. The highest BCUT2D eigenvalue weighted by Gasteiger charge is 2.20. The van der Waals surface area contributed by atoms with Crippen molar-refractivity contribution in [3.05, 3.63) is 23.0 Å². The number of hydrogen-bond acceptors (Lipinski definition) is 5. The van der Waals surface area contributed by atoms with Crippen molar-refractivity contribution in [3.8, 4) is 0 Å². The number of carbonyl (C=O) groups is 1. The van der Waals surface area contributed by atoms with E-state index in [0.717, 1.165) is 10.7 Å². The van der Waals surface area contributed by atoms with E-state index < -0.39 is 12.1 Å². The number of aromatic nitrogens is 2. The molecule has 0 aromatic carbocycles. The minimum atomic E-state index is -0.878. The van der Waals surface area contributed by atoms with Gasteiger partial charge in [0.2, 0.25) is 0 Å². The number of ether oxygens (including phenoxy) is 1. The van der Waals surface area contributed by atoms with Gasteiger partial charge in [-0.2, -0.15) is 0 Å². The van der Waals surface area contributed by atoms with Crippen LogP contribution in [0.15, 0.2) is 11.6 Å². The van der Waals surface area contributed by atoms with E-state index in [1.807, 2.05) is 18.5 Å². The predicted molar refractivity (Wildman–Crippen MR) is 59.4 cm³/mol. The van der Waals surface area contributed by atoms with Crippen molar-refractivity contribution >= 4 is 22.3 Å². The van der Waals surface area contributed by atoms with E-state index in [2.05, 4.69) is 9.72 Å². The Morgan fingerprint density at radius 3 is 3.19 bits per heavy atom. The molecule has 2 aromatic heterocycles. The fourth-order valence-electron chi connectivity index (χ4n) is 1.65. The summed E-state index contributed by atoms with van der Waals surface area (Å²) in [6.07, 6.45) is 0.897. The zero-order valence-corrected chi connectivity index (χ0v) is 9.82. The van der Waals surface area contributed by atoms with Crippen LogP contribution in [-0.4, -0.2) is 27.6 Å². The van der Waals surface area contributed by atoms with E-state index in [1.165, 1.54) is 18.4 Å². The van der Waals surface area contributed by atoms with Gasteiger partial charge in [0.1, 0.15) is 6.10 Å². The third-order valence-electron chi connectivity index (χ3n) is 2.39. The number of methoxy groups -OCH3 is 1. The van der Waals surface area contributed by atoms with E-state index >= 15 is 0 Å². The van der Waals surface area contributed by atoms with Gasteiger partial charge in [-0.15, -0.1) is 11.3 Å². The van der Waals surface area contributed by atoms with Crippen molar-refractivity contribution in [1.29, 1.82) is 0 Å². The molecule has 0 aliphatic heterocycles. The fourth-order valence-corrected chi connectivity index (χ4v) is 2.42. The largest absolute Gasteiger partial charge is 0.469 e. The fraction of sp³-hybridized carbons (Fsp3) is 0.400. The molecule has 6 heteroatoms. The number of nitrogens with zero attached hydrogens (tertiary/aromatic N) is 2. The van der Waals surface area contributed by atoms with Gasteiger partial charge in [-0.25, -0.2) is 4.98 Å². The van der Waals surface area contributed by atoms with Gasteiger partial charge in [0.25, 0.3) is 0 Å². The summed E-state index contributed by atoms with van der Waals surface area (Å²) in [7, 11) is 1.30. The van der Waals surface area contributed by atoms with Gasteiger partial charge in [-0.3, -0.25) is 9.20 Å². The van der Waals surface area contributed by atoms with Crippen LogP contribution in [0.25, 0.3) is 4.96 Å². The minimum absolute atomic E-state index is 0.0546. The molecule has 0 fully saturated rings. The summed E-state index contributed by atoms with van der Waals surface area (Å²) in [5.74, 6) is -0.433. The number of esters is 1. The monoisotopic (exact) mass is 240 g/mol. The maximum absolute atomic E-state index is 11.1. The molecule has 0 aliphatic carbocycles. The van der Waals surface area contributed by atoms with Crippen molar-refractivity contribution in [3.63, 3.8) is 0 Å². The normalized spacial score (nSPS) is 12.9. The van der Waals surface area contributed by atoms with Crippen LogP contribution in [0.4, 0.5) is 0 Å². The molecule has 1 atom stereocenters. The van der Waals surface area contributed by atoms with Crippen LogP contribution in [0.5, 0.6) is 0 Å². The van der Waals surface area contributed by atoms with E-state index in [9.17, 15) is 9.90 Å². The number of aliphatic hydroxyl groups excluding tert-OH is 1. The summed E-state index contributed by atoms with van der Waals surface area (Å²) in [6.45, 7) is 1.82. The van der Waals surface area contributed by atoms with Crippen LogP contribution >= 0.6 is 11.3 Å². The Morgan fingerprint density at radius 1 is 1.75 bits per heavy atom. The quantitative estimate of drug-likeness (QED) is 0.821. The lowest BCUT2D eigenvalue weighted by Gasteiger charge is -2.09. The maximum Gasteiger partial charge on any atom is 0.308 e. The first-order valence-corrected chi connectivity index (χ1v) is 5.68. The Kier molecular flexibility index (Phi) is 2.93. The third kappa shape index (κ3) is 1.81. The molecule has 2 aromatic rings. The predicted octanol–water partition coefficient (Wildman–Crippen LogP) is 1.30. The number of carbonyl (C=O) groups excluding carboxylic acids is 1. The van der Waals surface area contributed by atoms with Crippen molar-refractivity contribution in [1.82, 2.24) is 9.38 Å². The zero-order chi connectivity index (χ0) is 11.7. The molecule has 0 spiro atoms. The number of rotatable bonds is 3. The SMILES string of the molecule is COC(=O)C[C@@H](O)c1c(C)nc2sccn12. The van der Waals surface area contributed by atoms with E-state index in [0.29, 0.717) is 5.69 Å². The molecule has 86 valence electrons. The first-order valence-electron chi connectivity index (χ1n) is 4.80. The number of thiazole rings is 1. The lowest BCUT2D eigenvalue weighted by molar-refractivity contribution is -0.142. The molecule has 0 unspecified atom stereocenters. The van der Waals surface area contributed by atoms with Crippen molar-refractivity contribution in [2.45, 2.75) is 19.4 Å². The molecule has 0 saturated carbocycles. The first kappa shape index (κ1) is 11.1. The van der Waals surface area contributed by atoms with Crippen LogP contribution in [0.1, 0.15) is 23.9 Å². The highest BCUT2D eigenvalue weighted by Crippen LogP contribution is 2.24. The van der Waals surface area contributed by atoms with E-state index in [-0.39, 0.29) is 6.42 Å². The molecule has 1 N–H and O–H groups in total. The van der Waals surface area contributed by atoms with E-state index in [4.69, 9.17) is 0 Å². The summed E-state index contributed by atoms with van der Waals surface area (Å²) < 4.78 is 6.33. The second-order valence-corrected chi connectivity index (χ2v) is 4.31. The molecule has 0 radical (unpaired) electrons. The summed E-state index contributed by atoms with van der Waals surface area (Å²) in [5, 5.41) is 11.8. The smallest absolute Gasteiger partial charge is 0.308 e. The highest BCUT2D eigenvalue weighted by molar-refractivity contribution is 7.15. The standard InChI is InChI=1S/C10H12N2O3S/c1-6-9(7(13)5-8(14)15-2)12-3-4-16-10(12)11-6/h3-4,7,13H,5H2,1-2H3/t7-/m1/s1. The Balaban J connectivity index is 2.34. The van der Waals surface area contributed by atoms with Crippen LogP contribution in [0.2, 0.25) is 0 Å². The second-order valence-electron chi connectivity index (χ2n) is 3.43. The summed E-state index contributed by atoms with van der Waals surface area (Å²) in [5.41, 5.74) is 1.39. The molecule has 0 amide bonds. The van der Waals surface area contributed by atoms with Crippen LogP contribution in [0.3, 0.4) is 0 Å². The molecule has 2 heterocycles. The van der Waals surface area contributed by atoms with Gasteiger partial charge in [-0.1, -0.05) is 0 Å². The molecule has 5 nitrogen and oxygen atoms in total. The Hall–Kier alpha value is -1.40. The first-order chi connectivity index (χ1) is 7.63. The van der Waals surface area contributed by atoms with Crippen LogP contribution < -0.4 is 0 Å². The zero-order valence-electron chi connectivity index (χ0n) is 9.01. The van der Waals surface area contributed by atoms with Gasteiger partial charge in [-0.05, 0) is 6.92 Å². The number of aryl methyl sites for hydroxylation is 1. The van der Waals surface area contributed by atoms with Crippen molar-refractivity contribution in [2.75, 3.05) is 7.11 Å². The van der Waals surface area contributed by atoms with Gasteiger partial charge in [0, 0.05) is 11.6 Å². The maximum atomic E-state index is 11.1. The lowest BCUT2D eigenvalue weighted by atomic mass is 10.1. The number of hydrogen-bond donors (Lipinski definition) is 1. The number of imidazole rings is 1. The Morgan fingerprint density at radius 2 is 2.50 bits per heavy atom. The molecular formula is C10H12N2O3S. The number of fused-ring (bicyclic) bond motifs is 1. The number of aliphatic hydroxyl groups is 1. The average Bonchev–Trinajstić information content (AvgIpc) is 2.76. The van der Waals surface area contributed by atoms with Gasteiger partial charge in [0.05, 0.1) is 24.9 Å². The topological polar surface area (TPSA) is 63.8 Å². The van der Waals surface area contributed by atoms with Gasteiger partial charge < -0.3 is 9.84 Å². The van der Waals surface area contributed by atoms with Crippen LogP contribution in [0, 0.1) is 6.92 Å². The van der Waals surface area contributed by atoms with Gasteiger partial charge >= 0.3 is 5.97 Å². The molecule has 0 saturated heterocycles. The van der Waals surface area contributed by atoms with Crippen molar-refractivity contribution in [2.24, 2.45) is 0 Å². The molecular weight excluding hydrogens is 228 g/mol. The molecule has 2 rings (SSSR count). The molecule has 0 aliphatic rings. The summed E-state index contributed by atoms with van der Waals surface area (Å²) >= 11 is 1.49. The Bertz CT molecular complexity index is 517. The highest BCUT2D eigenvalue weighted by atomic mass is 32.1. The lowest BCUT2D eigenvalue weighted by Crippen LogP contribution is -2.10. The third-order valence-corrected chi connectivity index (χ3v) is 3.14. The molecule has 16 heavy (non-hydrogen) atoms. The second kappa shape index (κ2) is 4.23. The Labute approximate surface area is 96.3 Å². The average molecular weight is 240 g/mol. The van der Waals surface area contributed by atoms with Crippen molar-refractivity contribution < 1.29 is 14.6 Å². The summed E-state index contributed by atoms with van der Waals surface area (Å²) in [4.78, 5) is 16.2. The minimum Gasteiger partial charge on any atom is -0.469 e. The van der Waals surface area contributed by atoms with Gasteiger partial charge in [0.15, 0.2) is 4.96 Å². The van der Waals surface area contributed by atoms with Crippen LogP contribution in [-0.2, 0) is 9.53 Å².